The number of amides is 2. The maximum Gasteiger partial charge on any atom is 0.262 e. The molecule has 0 saturated heterocycles. The van der Waals surface area contributed by atoms with Gasteiger partial charge in [-0.1, -0.05) is 49.2 Å². The fourth-order valence-electron chi connectivity index (χ4n) is 2.75. The lowest BCUT2D eigenvalue weighted by Crippen LogP contribution is -2.49. The van der Waals surface area contributed by atoms with Crippen molar-refractivity contribution < 1.29 is 14.3 Å². The number of nitrogens with zero attached hydrogens (tertiary/aromatic N) is 1. The van der Waals surface area contributed by atoms with E-state index in [1.54, 1.807) is 37.0 Å². The summed E-state index contributed by atoms with van der Waals surface area (Å²) in [6, 6.07) is 11.8. The second-order valence-electron chi connectivity index (χ2n) is 7.53. The number of hydrazone groups is 1. The molecule has 2 amide bonds. The van der Waals surface area contributed by atoms with Crippen molar-refractivity contribution in [2.45, 2.75) is 44.2 Å². The van der Waals surface area contributed by atoms with E-state index < -0.39 is 24.0 Å². The van der Waals surface area contributed by atoms with Crippen LogP contribution in [0.15, 0.2) is 52.5 Å². The molecule has 0 radical (unpaired) electrons. The standard InChI is InChI=1S/C23H27Cl2N3O3S/c1-14(2)11-20(23(30)28-26-13-16-5-8-18(32-4)9-6-16)27-22(29)15(3)31-21-10-7-17(24)12-19(21)25/h5-10,12-15,20H,11H2,1-4H3,(H,27,29)(H,28,30)/b26-13-/t15-,20+/m1/s1. The Labute approximate surface area is 203 Å². The number of hydrogen-bond donors (Lipinski definition) is 2. The Morgan fingerprint density at radius 2 is 1.78 bits per heavy atom. The van der Waals surface area contributed by atoms with Gasteiger partial charge in [-0.2, -0.15) is 5.10 Å². The lowest BCUT2D eigenvalue weighted by Gasteiger charge is -2.22. The number of rotatable bonds is 10. The zero-order valence-corrected chi connectivity index (χ0v) is 20.7. The van der Waals surface area contributed by atoms with Crippen LogP contribution in [0.2, 0.25) is 10.0 Å². The van der Waals surface area contributed by atoms with E-state index in [4.69, 9.17) is 27.9 Å². The first-order valence-corrected chi connectivity index (χ1v) is 12.1. The van der Waals surface area contributed by atoms with Gasteiger partial charge in [0.25, 0.3) is 11.8 Å². The predicted molar refractivity (Wildman–Crippen MR) is 132 cm³/mol. The Hall–Kier alpha value is -2.22. The van der Waals surface area contributed by atoms with Crippen LogP contribution < -0.4 is 15.5 Å². The molecule has 0 aliphatic rings. The smallest absolute Gasteiger partial charge is 0.262 e. The highest BCUT2D eigenvalue weighted by atomic mass is 35.5. The van der Waals surface area contributed by atoms with Gasteiger partial charge in [0.1, 0.15) is 11.8 Å². The minimum Gasteiger partial charge on any atom is -0.479 e. The lowest BCUT2D eigenvalue weighted by molar-refractivity contribution is -0.132. The Kier molecular flexibility index (Phi) is 10.4. The molecule has 0 aliphatic carbocycles. The average molecular weight is 496 g/mol. The van der Waals surface area contributed by atoms with E-state index in [0.717, 1.165) is 10.5 Å². The second-order valence-corrected chi connectivity index (χ2v) is 9.26. The van der Waals surface area contributed by atoms with Crippen molar-refractivity contribution in [2.75, 3.05) is 6.26 Å². The van der Waals surface area contributed by atoms with Crippen LogP contribution in [-0.2, 0) is 9.59 Å². The van der Waals surface area contributed by atoms with Crippen molar-refractivity contribution in [3.63, 3.8) is 0 Å². The summed E-state index contributed by atoms with van der Waals surface area (Å²) in [5.41, 5.74) is 3.36. The summed E-state index contributed by atoms with van der Waals surface area (Å²) < 4.78 is 5.64. The number of halogens is 2. The van der Waals surface area contributed by atoms with Gasteiger partial charge in [0.05, 0.1) is 11.2 Å². The summed E-state index contributed by atoms with van der Waals surface area (Å²) in [5.74, 6) is -0.328. The molecule has 0 unspecified atom stereocenters. The van der Waals surface area contributed by atoms with E-state index in [1.165, 1.54) is 6.07 Å². The quantitative estimate of drug-likeness (QED) is 0.271. The Bertz CT molecular complexity index is 952. The van der Waals surface area contributed by atoms with Crippen molar-refractivity contribution >= 4 is 53.0 Å². The summed E-state index contributed by atoms with van der Waals surface area (Å²) >= 11 is 13.6. The summed E-state index contributed by atoms with van der Waals surface area (Å²) in [5, 5.41) is 7.53. The number of thioether (sulfide) groups is 1. The normalized spacial score (nSPS) is 13.1. The highest BCUT2D eigenvalue weighted by molar-refractivity contribution is 7.98. The van der Waals surface area contributed by atoms with Crippen LogP contribution >= 0.6 is 35.0 Å². The second kappa shape index (κ2) is 12.7. The molecule has 2 atom stereocenters. The molecule has 0 saturated carbocycles. The molecule has 0 bridgehead atoms. The summed E-state index contributed by atoms with van der Waals surface area (Å²) in [6.07, 6.45) is 3.14. The third kappa shape index (κ3) is 8.37. The number of benzene rings is 2. The molecule has 0 aromatic heterocycles. The van der Waals surface area contributed by atoms with Crippen molar-refractivity contribution in [2.24, 2.45) is 11.0 Å². The van der Waals surface area contributed by atoms with Crippen LogP contribution in [0.4, 0.5) is 0 Å². The highest BCUT2D eigenvalue weighted by Gasteiger charge is 2.25. The van der Waals surface area contributed by atoms with Crippen LogP contribution in [0.3, 0.4) is 0 Å². The molecule has 172 valence electrons. The topological polar surface area (TPSA) is 79.8 Å². The van der Waals surface area contributed by atoms with Crippen molar-refractivity contribution in [1.82, 2.24) is 10.7 Å². The zero-order chi connectivity index (χ0) is 23.7. The molecule has 0 aliphatic heterocycles. The van der Waals surface area contributed by atoms with Crippen molar-refractivity contribution in [3.05, 3.63) is 58.1 Å². The molecular formula is C23H27Cl2N3O3S. The number of hydrogen-bond acceptors (Lipinski definition) is 5. The Morgan fingerprint density at radius 1 is 1.09 bits per heavy atom. The number of carbonyl (C=O) groups excluding carboxylic acids is 2. The van der Waals surface area contributed by atoms with E-state index in [1.807, 2.05) is 44.4 Å². The SMILES string of the molecule is CSc1ccc(/C=N\NC(=O)[C@H](CC(C)C)NC(=O)[C@@H](C)Oc2ccc(Cl)cc2Cl)cc1. The third-order valence-electron chi connectivity index (χ3n) is 4.41. The van der Waals surface area contributed by atoms with Gasteiger partial charge in [-0.05, 0) is 61.4 Å². The maximum absolute atomic E-state index is 12.7. The maximum atomic E-state index is 12.7. The van der Waals surface area contributed by atoms with Gasteiger partial charge in [-0.25, -0.2) is 5.43 Å². The summed E-state index contributed by atoms with van der Waals surface area (Å²) in [7, 11) is 0. The summed E-state index contributed by atoms with van der Waals surface area (Å²) in [6.45, 7) is 5.52. The molecule has 32 heavy (non-hydrogen) atoms. The molecule has 6 nitrogen and oxygen atoms in total. The molecular weight excluding hydrogens is 469 g/mol. The van der Waals surface area contributed by atoms with E-state index in [9.17, 15) is 9.59 Å². The van der Waals surface area contributed by atoms with Gasteiger partial charge in [0, 0.05) is 9.92 Å². The van der Waals surface area contributed by atoms with Crippen LogP contribution in [0, 0.1) is 5.92 Å². The Morgan fingerprint density at radius 3 is 2.38 bits per heavy atom. The van der Waals surface area contributed by atoms with Gasteiger partial charge in [0.15, 0.2) is 6.10 Å². The van der Waals surface area contributed by atoms with Gasteiger partial charge in [-0.15, -0.1) is 11.8 Å². The minimum absolute atomic E-state index is 0.177. The van der Waals surface area contributed by atoms with Crippen LogP contribution in [0.25, 0.3) is 0 Å². The van der Waals surface area contributed by atoms with Crippen molar-refractivity contribution in [3.8, 4) is 5.75 Å². The van der Waals surface area contributed by atoms with Gasteiger partial charge < -0.3 is 10.1 Å². The first-order chi connectivity index (χ1) is 15.2. The summed E-state index contributed by atoms with van der Waals surface area (Å²) in [4.78, 5) is 26.5. The number of ether oxygens (including phenoxy) is 1. The van der Waals surface area contributed by atoms with E-state index in [0.29, 0.717) is 22.2 Å². The zero-order valence-electron chi connectivity index (χ0n) is 18.4. The largest absolute Gasteiger partial charge is 0.479 e. The fraction of sp³-hybridized carbons (Fsp3) is 0.348. The Balaban J connectivity index is 1.98. The molecule has 0 spiro atoms. The van der Waals surface area contributed by atoms with E-state index >= 15 is 0 Å². The fourth-order valence-corrected chi connectivity index (χ4v) is 3.61. The van der Waals surface area contributed by atoms with E-state index in [-0.39, 0.29) is 5.92 Å². The molecule has 2 rings (SSSR count). The third-order valence-corrected chi connectivity index (χ3v) is 5.69. The molecule has 2 aromatic rings. The molecule has 9 heteroatoms. The molecule has 2 aromatic carbocycles. The number of nitrogens with one attached hydrogen (secondary N) is 2. The predicted octanol–water partition coefficient (Wildman–Crippen LogP) is 5.16. The van der Waals surface area contributed by atoms with Gasteiger partial charge in [0.2, 0.25) is 0 Å². The van der Waals surface area contributed by atoms with Crippen molar-refractivity contribution in [1.29, 1.82) is 0 Å². The van der Waals surface area contributed by atoms with Gasteiger partial charge in [-0.3, -0.25) is 9.59 Å². The minimum atomic E-state index is -0.866. The first kappa shape index (κ1) is 26.0. The first-order valence-electron chi connectivity index (χ1n) is 10.1. The van der Waals surface area contributed by atoms with Crippen LogP contribution in [0.5, 0.6) is 5.75 Å². The lowest BCUT2D eigenvalue weighted by atomic mass is 10.0. The molecule has 0 fully saturated rings. The van der Waals surface area contributed by atoms with Gasteiger partial charge >= 0.3 is 0 Å². The monoisotopic (exact) mass is 495 g/mol. The van der Waals surface area contributed by atoms with Crippen LogP contribution in [-0.4, -0.2) is 36.4 Å². The molecule has 0 heterocycles. The van der Waals surface area contributed by atoms with Crippen LogP contribution in [0.1, 0.15) is 32.8 Å². The number of carbonyl (C=O) groups is 2. The average Bonchev–Trinajstić information content (AvgIpc) is 2.75. The molecule has 2 N–H and O–H groups in total. The van der Waals surface area contributed by atoms with E-state index in [2.05, 4.69) is 15.8 Å². The highest BCUT2D eigenvalue weighted by Crippen LogP contribution is 2.28.